The molecule has 1 amide bonds. The second-order valence-electron chi connectivity index (χ2n) is 19.5. The number of amides is 1. The molecule has 3 aromatic rings. The van der Waals surface area contributed by atoms with E-state index in [2.05, 4.69) is 19.2 Å². The summed E-state index contributed by atoms with van der Waals surface area (Å²) in [6.07, 6.45) is 26.3. The molecule has 1 saturated heterocycles. The number of unbranched alkanes of at least 4 members (excludes halogenated alkanes) is 23. The standard InChI is InChI=1S/C61H93NO9/c1-3-5-7-9-11-13-15-17-19-21-23-25-36-44-54(70-60(66)52-42-34-29-35-43-52)53(62-56(64)45-37-26-24-22-20-18-16-14-12-10-8-6-4-2)49-69-61-59(68-48-51-40-32-28-33-41-51)58(57(65)55(46-63)71-61)67-47-50-38-30-27-31-39-50/h27-36,38-44,53-55,57-59,61,63,65H,3-26,37,45-49H2,1-2H3,(H,62,64)/b44-36+/t53-,54+,55+,57-,58-,59+,61?/m0/s1/i47D,48D/t47?,48?,53-,54+,55+,57-,58-,59+,61?. The van der Waals surface area contributed by atoms with E-state index in [1.165, 1.54) is 109 Å². The molecule has 9 atom stereocenters. The first kappa shape index (κ1) is 56.4. The van der Waals surface area contributed by atoms with Gasteiger partial charge in [-0.2, -0.15) is 0 Å². The average Bonchev–Trinajstić information content (AvgIpc) is 3.41. The Balaban J connectivity index is 1.52. The topological polar surface area (TPSA) is 133 Å². The van der Waals surface area contributed by atoms with Gasteiger partial charge in [-0.05, 0) is 48.6 Å². The number of esters is 1. The van der Waals surface area contributed by atoms with Crippen molar-refractivity contribution in [3.05, 3.63) is 120 Å². The molecular formula is C61H93NO9. The van der Waals surface area contributed by atoms with Crippen LogP contribution in [0, 0.1) is 0 Å². The third kappa shape index (κ3) is 25.6. The van der Waals surface area contributed by atoms with Crippen LogP contribution in [-0.2, 0) is 41.6 Å². The third-order valence-corrected chi connectivity index (χ3v) is 13.4. The highest BCUT2D eigenvalue weighted by Gasteiger charge is 2.48. The Morgan fingerprint density at radius 3 is 1.56 bits per heavy atom. The number of aliphatic hydroxyl groups is 2. The molecule has 0 aromatic heterocycles. The third-order valence-electron chi connectivity index (χ3n) is 13.4. The Hall–Kier alpha value is -3.90. The second-order valence-corrected chi connectivity index (χ2v) is 19.5. The lowest BCUT2D eigenvalue weighted by Crippen LogP contribution is -2.61. The summed E-state index contributed by atoms with van der Waals surface area (Å²) in [7, 11) is 0. The van der Waals surface area contributed by atoms with Crippen LogP contribution >= 0.6 is 0 Å². The van der Waals surface area contributed by atoms with Gasteiger partial charge in [0.15, 0.2) is 6.29 Å². The van der Waals surface area contributed by atoms with Crippen molar-refractivity contribution < 1.29 is 46.2 Å². The summed E-state index contributed by atoms with van der Waals surface area (Å²) < 4.78 is 49.6. The summed E-state index contributed by atoms with van der Waals surface area (Å²) in [6, 6.07) is 25.6. The molecule has 1 fully saturated rings. The Labute approximate surface area is 431 Å². The van der Waals surface area contributed by atoms with Crippen molar-refractivity contribution in [2.45, 2.75) is 237 Å². The van der Waals surface area contributed by atoms with Crippen LogP contribution in [0.15, 0.2) is 103 Å². The molecule has 1 aliphatic rings. The maximum absolute atomic E-state index is 14.0. The van der Waals surface area contributed by atoms with Crippen LogP contribution in [0.1, 0.15) is 205 Å². The van der Waals surface area contributed by atoms with Crippen LogP contribution in [0.5, 0.6) is 0 Å². The monoisotopic (exact) mass is 986 g/mol. The molecule has 3 aromatic carbocycles. The number of benzene rings is 3. The SMILES string of the molecule is [2H]C(O[C@H]1[C@@H](O)[C@@H](CO)OC(OC[C@H](NC(=O)CCCCCCCCCCCCCCC)[C@@H](/C=C/CCCCCCCCCCCCC)OC(=O)c2ccccc2)[C@@H]1OC([2H])c1ccccc1)c1ccccc1. The smallest absolute Gasteiger partial charge is 0.338 e. The zero-order chi connectivity index (χ0) is 52.1. The lowest BCUT2D eigenvalue weighted by atomic mass is 9.98. The van der Waals surface area contributed by atoms with Gasteiger partial charge in [0.25, 0.3) is 0 Å². The Morgan fingerprint density at radius 2 is 1.07 bits per heavy atom. The zero-order valence-electron chi connectivity index (χ0n) is 45.6. The van der Waals surface area contributed by atoms with Crippen molar-refractivity contribution in [1.29, 1.82) is 0 Å². The minimum Gasteiger partial charge on any atom is -0.452 e. The van der Waals surface area contributed by atoms with E-state index < -0.39 is 68.6 Å². The van der Waals surface area contributed by atoms with Crippen molar-refractivity contribution >= 4 is 11.9 Å². The Kier molecular flexibility index (Phi) is 30.7. The summed E-state index contributed by atoms with van der Waals surface area (Å²) in [4.78, 5) is 27.8. The predicted octanol–water partition coefficient (Wildman–Crippen LogP) is 13.7. The minimum atomic E-state index is -1.47. The van der Waals surface area contributed by atoms with Crippen LogP contribution in [0.2, 0.25) is 0 Å². The van der Waals surface area contributed by atoms with Crippen molar-refractivity contribution in [1.82, 2.24) is 5.32 Å². The van der Waals surface area contributed by atoms with Crippen LogP contribution in [0.3, 0.4) is 0 Å². The Bertz CT molecular complexity index is 1860. The predicted molar refractivity (Wildman–Crippen MR) is 286 cm³/mol. The molecule has 10 heteroatoms. The number of ether oxygens (including phenoxy) is 5. The quantitative estimate of drug-likeness (QED) is 0.0289. The van der Waals surface area contributed by atoms with E-state index in [9.17, 15) is 19.8 Å². The van der Waals surface area contributed by atoms with Crippen LogP contribution in [-0.4, -0.2) is 78.2 Å². The summed E-state index contributed by atoms with van der Waals surface area (Å²) >= 11 is 0. The van der Waals surface area contributed by atoms with Crippen molar-refractivity contribution in [2.75, 3.05) is 13.2 Å². The first-order valence-electron chi connectivity index (χ1n) is 28.9. The lowest BCUT2D eigenvalue weighted by Gasteiger charge is -2.44. The number of aliphatic hydroxyl groups excluding tert-OH is 2. The average molecular weight is 986 g/mol. The summed E-state index contributed by atoms with van der Waals surface area (Å²) in [5.41, 5.74) is 1.41. The van der Waals surface area contributed by atoms with Gasteiger partial charge in [0.1, 0.15) is 30.5 Å². The van der Waals surface area contributed by atoms with Gasteiger partial charge in [0, 0.05) is 6.42 Å². The number of carbonyl (C=O) groups is 2. The fraction of sp³-hybridized carbons (Fsp3) is 0.639. The Morgan fingerprint density at radius 1 is 0.620 bits per heavy atom. The first-order valence-corrected chi connectivity index (χ1v) is 27.8. The lowest BCUT2D eigenvalue weighted by molar-refractivity contribution is -0.320. The van der Waals surface area contributed by atoms with Gasteiger partial charge in [-0.15, -0.1) is 0 Å². The van der Waals surface area contributed by atoms with Gasteiger partial charge in [-0.25, -0.2) is 4.79 Å². The van der Waals surface area contributed by atoms with Gasteiger partial charge in [-0.1, -0.05) is 240 Å². The number of hydrogen-bond acceptors (Lipinski definition) is 9. The summed E-state index contributed by atoms with van der Waals surface area (Å²) in [5, 5.41) is 25.3. The largest absolute Gasteiger partial charge is 0.452 e. The zero-order valence-corrected chi connectivity index (χ0v) is 43.6. The highest BCUT2D eigenvalue weighted by Crippen LogP contribution is 2.29. The molecular weight excluding hydrogens is 891 g/mol. The molecule has 3 unspecified atom stereocenters. The molecule has 1 heterocycles. The van der Waals surface area contributed by atoms with E-state index in [1.54, 1.807) is 72.8 Å². The number of hydrogen-bond donors (Lipinski definition) is 3. The van der Waals surface area contributed by atoms with Gasteiger partial charge in [0.05, 0.1) is 40.7 Å². The van der Waals surface area contributed by atoms with E-state index in [-0.39, 0.29) is 18.9 Å². The molecule has 0 aliphatic carbocycles. The van der Waals surface area contributed by atoms with Crippen molar-refractivity contribution in [3.8, 4) is 0 Å². The van der Waals surface area contributed by atoms with E-state index in [0.717, 1.165) is 44.9 Å². The molecule has 396 valence electrons. The molecule has 71 heavy (non-hydrogen) atoms. The van der Waals surface area contributed by atoms with E-state index in [4.69, 9.17) is 26.4 Å². The van der Waals surface area contributed by atoms with Crippen LogP contribution < -0.4 is 5.32 Å². The minimum absolute atomic E-state index is 0.214. The molecule has 1 aliphatic heterocycles. The normalized spacial score (nSPS) is 20.2. The number of allylic oxidation sites excluding steroid dienone is 1. The van der Waals surface area contributed by atoms with Gasteiger partial charge in [0.2, 0.25) is 5.91 Å². The van der Waals surface area contributed by atoms with E-state index >= 15 is 0 Å². The fourth-order valence-corrected chi connectivity index (χ4v) is 9.03. The van der Waals surface area contributed by atoms with Gasteiger partial charge < -0.3 is 39.2 Å². The fourth-order valence-electron chi connectivity index (χ4n) is 9.03. The molecule has 0 bridgehead atoms. The van der Waals surface area contributed by atoms with Crippen molar-refractivity contribution in [2.24, 2.45) is 0 Å². The van der Waals surface area contributed by atoms with Crippen molar-refractivity contribution in [3.63, 3.8) is 0 Å². The van der Waals surface area contributed by atoms with E-state index in [1.807, 2.05) is 30.4 Å². The maximum Gasteiger partial charge on any atom is 0.338 e. The van der Waals surface area contributed by atoms with Gasteiger partial charge >= 0.3 is 5.97 Å². The highest BCUT2D eigenvalue weighted by atomic mass is 16.7. The van der Waals surface area contributed by atoms with Crippen LogP contribution in [0.25, 0.3) is 0 Å². The first-order chi connectivity index (χ1) is 35.7. The van der Waals surface area contributed by atoms with E-state index in [0.29, 0.717) is 23.1 Å². The highest BCUT2D eigenvalue weighted by molar-refractivity contribution is 5.89. The number of nitrogens with one attached hydrogen (secondary N) is 1. The molecule has 10 nitrogen and oxygen atoms in total. The number of rotatable bonds is 41. The molecule has 0 saturated carbocycles. The molecule has 0 spiro atoms. The summed E-state index contributed by atoms with van der Waals surface area (Å²) in [6.45, 7) is 1.09. The maximum atomic E-state index is 14.0. The summed E-state index contributed by atoms with van der Waals surface area (Å²) in [5.74, 6) is -0.774. The molecule has 0 radical (unpaired) electrons. The number of carbonyl (C=O) groups excluding carboxylic acids is 2. The second kappa shape index (κ2) is 38.7. The molecule has 4 rings (SSSR count). The van der Waals surface area contributed by atoms with Gasteiger partial charge in [-0.3, -0.25) is 4.79 Å². The van der Waals surface area contributed by atoms with Crippen LogP contribution in [0.4, 0.5) is 0 Å². The molecule has 3 N–H and O–H groups in total.